The zero-order valence-electron chi connectivity index (χ0n) is 12.1. The zero-order valence-corrected chi connectivity index (χ0v) is 12.1. The van der Waals surface area contributed by atoms with Gasteiger partial charge in [-0.25, -0.2) is 4.79 Å². The van der Waals surface area contributed by atoms with Crippen LogP contribution in [0.4, 0.5) is 4.79 Å². The van der Waals surface area contributed by atoms with E-state index in [2.05, 4.69) is 13.8 Å². The van der Waals surface area contributed by atoms with Gasteiger partial charge >= 0.3 is 6.16 Å². The van der Waals surface area contributed by atoms with Crippen molar-refractivity contribution < 1.29 is 24.5 Å². The smallest absolute Gasteiger partial charge is 0.450 e. The molecule has 4 aliphatic rings. The van der Waals surface area contributed by atoms with Crippen LogP contribution in [0.5, 0.6) is 0 Å². The highest BCUT2D eigenvalue weighted by atomic mass is 16.6. The molecular weight excluding hydrogens is 260 g/mol. The van der Waals surface area contributed by atoms with Gasteiger partial charge in [0.1, 0.15) is 0 Å². The number of hydrogen-bond acceptors (Lipinski definition) is 3. The molecule has 2 saturated heterocycles. The van der Waals surface area contributed by atoms with Crippen LogP contribution >= 0.6 is 0 Å². The molecule has 0 radical (unpaired) electrons. The Morgan fingerprint density at radius 2 is 1.10 bits per heavy atom. The molecular formula is C15H24O5. The lowest BCUT2D eigenvalue weighted by atomic mass is 9.65. The maximum absolute atomic E-state index is 8.56. The molecule has 0 aromatic heterocycles. The van der Waals surface area contributed by atoms with Crippen LogP contribution in [0.3, 0.4) is 0 Å². The number of epoxide rings is 2. The van der Waals surface area contributed by atoms with Crippen molar-refractivity contribution in [2.24, 2.45) is 23.7 Å². The summed E-state index contributed by atoms with van der Waals surface area (Å²) in [6.07, 6.45) is 5.99. The maximum atomic E-state index is 8.56. The first-order valence-corrected chi connectivity index (χ1v) is 7.68. The van der Waals surface area contributed by atoms with Crippen LogP contribution in [0.1, 0.15) is 39.5 Å². The maximum Gasteiger partial charge on any atom is 0.503 e. The van der Waals surface area contributed by atoms with Crippen molar-refractivity contribution >= 4 is 6.16 Å². The van der Waals surface area contributed by atoms with Gasteiger partial charge in [-0.15, -0.1) is 0 Å². The fraction of sp³-hybridized carbons (Fsp3) is 0.933. The van der Waals surface area contributed by atoms with Crippen molar-refractivity contribution in [3.05, 3.63) is 0 Å². The number of carbonyl (C=O) groups is 1. The standard InChI is InChI=1S/C14H22O2.CH2O3/c1-7-3-11-13(15-11)5-9(7)10-6-14-12(16-14)4-8(10)2;2-1(3)4/h7-14H,3-6H2,1-2H3;(H2,2,3,4). The Morgan fingerprint density at radius 3 is 1.45 bits per heavy atom. The van der Waals surface area contributed by atoms with Crippen molar-refractivity contribution in [1.29, 1.82) is 0 Å². The van der Waals surface area contributed by atoms with E-state index < -0.39 is 6.16 Å². The van der Waals surface area contributed by atoms with E-state index in [9.17, 15) is 0 Å². The van der Waals surface area contributed by atoms with Gasteiger partial charge in [0.25, 0.3) is 0 Å². The summed E-state index contributed by atoms with van der Waals surface area (Å²) in [5.74, 6) is 3.55. The first-order chi connectivity index (χ1) is 9.45. The van der Waals surface area contributed by atoms with E-state index in [-0.39, 0.29) is 0 Å². The second kappa shape index (κ2) is 5.19. The van der Waals surface area contributed by atoms with Crippen molar-refractivity contribution in [3.8, 4) is 0 Å². The Hall–Kier alpha value is -0.810. The Kier molecular flexibility index (Phi) is 3.67. The molecule has 5 nitrogen and oxygen atoms in total. The second-order valence-corrected chi connectivity index (χ2v) is 6.93. The summed E-state index contributed by atoms with van der Waals surface area (Å²) in [7, 11) is 0. The number of carboxylic acid groups (broad SMARTS) is 2. The fourth-order valence-corrected chi connectivity index (χ4v) is 4.46. The molecule has 114 valence electrons. The minimum absolute atomic E-state index is 0.631. The summed E-state index contributed by atoms with van der Waals surface area (Å²) >= 11 is 0. The number of hydrogen-bond donors (Lipinski definition) is 2. The summed E-state index contributed by atoms with van der Waals surface area (Å²) in [6, 6.07) is 0. The quantitative estimate of drug-likeness (QED) is 0.723. The zero-order chi connectivity index (χ0) is 14.4. The minimum atomic E-state index is -1.83. The topological polar surface area (TPSA) is 82.6 Å². The van der Waals surface area contributed by atoms with E-state index in [1.165, 1.54) is 25.7 Å². The molecule has 20 heavy (non-hydrogen) atoms. The van der Waals surface area contributed by atoms with Crippen LogP contribution in [-0.2, 0) is 9.47 Å². The monoisotopic (exact) mass is 284 g/mol. The number of ether oxygens (including phenoxy) is 2. The Bertz CT molecular complexity index is 350. The molecule has 2 saturated carbocycles. The molecule has 2 N–H and O–H groups in total. The third-order valence-electron chi connectivity index (χ3n) is 5.60. The molecule has 2 aliphatic carbocycles. The third-order valence-corrected chi connectivity index (χ3v) is 5.60. The van der Waals surface area contributed by atoms with Gasteiger partial charge in [-0.2, -0.15) is 0 Å². The molecule has 0 bridgehead atoms. The predicted molar refractivity (Wildman–Crippen MR) is 71.8 cm³/mol. The highest BCUT2D eigenvalue weighted by Crippen LogP contribution is 2.52. The van der Waals surface area contributed by atoms with Crippen molar-refractivity contribution in [1.82, 2.24) is 0 Å². The third kappa shape index (κ3) is 2.93. The van der Waals surface area contributed by atoms with E-state index in [0.29, 0.717) is 24.4 Å². The molecule has 4 rings (SSSR count). The van der Waals surface area contributed by atoms with E-state index in [1.54, 1.807) is 0 Å². The van der Waals surface area contributed by atoms with Gasteiger partial charge in [0.05, 0.1) is 24.4 Å². The molecule has 2 aliphatic heterocycles. The van der Waals surface area contributed by atoms with E-state index >= 15 is 0 Å². The van der Waals surface area contributed by atoms with Gasteiger partial charge in [0.15, 0.2) is 0 Å². The van der Waals surface area contributed by atoms with E-state index in [0.717, 1.165) is 23.7 Å². The lowest BCUT2D eigenvalue weighted by Crippen LogP contribution is -2.35. The van der Waals surface area contributed by atoms with Crippen LogP contribution in [0.2, 0.25) is 0 Å². The Morgan fingerprint density at radius 1 is 0.800 bits per heavy atom. The van der Waals surface area contributed by atoms with Crippen LogP contribution in [-0.4, -0.2) is 40.8 Å². The van der Waals surface area contributed by atoms with Crippen LogP contribution < -0.4 is 0 Å². The van der Waals surface area contributed by atoms with E-state index in [4.69, 9.17) is 24.5 Å². The first kappa shape index (κ1) is 14.1. The van der Waals surface area contributed by atoms with Gasteiger partial charge < -0.3 is 19.7 Å². The SMILES string of the molecule is CC1CC2OC2CC1C1CC2OC2CC1C.O=C(O)O. The highest BCUT2D eigenvalue weighted by Gasteiger charge is 2.54. The molecule has 0 spiro atoms. The molecule has 5 heteroatoms. The number of fused-ring (bicyclic) bond motifs is 2. The molecule has 8 atom stereocenters. The van der Waals surface area contributed by atoms with Gasteiger partial charge in [-0.3, -0.25) is 0 Å². The molecule has 2 heterocycles. The fourth-order valence-electron chi connectivity index (χ4n) is 4.46. The lowest BCUT2D eigenvalue weighted by molar-refractivity contribution is 0.118. The normalized spacial score (nSPS) is 51.9. The summed E-state index contributed by atoms with van der Waals surface area (Å²) in [5, 5.41) is 13.9. The molecule has 4 fully saturated rings. The Labute approximate surface area is 119 Å². The summed E-state index contributed by atoms with van der Waals surface area (Å²) < 4.78 is 11.4. The average molecular weight is 284 g/mol. The van der Waals surface area contributed by atoms with Crippen LogP contribution in [0.15, 0.2) is 0 Å². The molecule has 8 unspecified atom stereocenters. The summed E-state index contributed by atoms with van der Waals surface area (Å²) in [4.78, 5) is 8.56. The second-order valence-electron chi connectivity index (χ2n) is 6.93. The average Bonchev–Trinajstić information content (AvgIpc) is 3.20. The number of rotatable bonds is 1. The first-order valence-electron chi connectivity index (χ1n) is 7.68. The van der Waals surface area contributed by atoms with Gasteiger partial charge in [-0.05, 0) is 49.4 Å². The predicted octanol–water partition coefficient (Wildman–Crippen LogP) is 2.84. The molecule has 0 aromatic rings. The summed E-state index contributed by atoms with van der Waals surface area (Å²) in [6.45, 7) is 4.88. The Balaban J connectivity index is 0.000000272. The highest BCUT2D eigenvalue weighted by molar-refractivity contribution is 5.53. The van der Waals surface area contributed by atoms with Crippen LogP contribution in [0, 0.1) is 23.7 Å². The largest absolute Gasteiger partial charge is 0.503 e. The molecule has 0 aromatic carbocycles. The van der Waals surface area contributed by atoms with Gasteiger partial charge in [0.2, 0.25) is 0 Å². The minimum Gasteiger partial charge on any atom is -0.450 e. The van der Waals surface area contributed by atoms with Crippen molar-refractivity contribution in [3.63, 3.8) is 0 Å². The van der Waals surface area contributed by atoms with E-state index in [1.807, 2.05) is 0 Å². The van der Waals surface area contributed by atoms with Crippen LogP contribution in [0.25, 0.3) is 0 Å². The summed E-state index contributed by atoms with van der Waals surface area (Å²) in [5.41, 5.74) is 0. The molecule has 0 amide bonds. The van der Waals surface area contributed by atoms with Crippen molar-refractivity contribution in [2.75, 3.05) is 0 Å². The van der Waals surface area contributed by atoms with Gasteiger partial charge in [-0.1, -0.05) is 13.8 Å². The van der Waals surface area contributed by atoms with Crippen molar-refractivity contribution in [2.45, 2.75) is 63.9 Å². The van der Waals surface area contributed by atoms with Gasteiger partial charge in [0, 0.05) is 0 Å². The lowest BCUT2D eigenvalue weighted by Gasteiger charge is -2.38.